The molecule has 0 saturated carbocycles. The summed E-state index contributed by atoms with van der Waals surface area (Å²) in [4.78, 5) is 33.2. The lowest BCUT2D eigenvalue weighted by atomic mass is 10.0. The summed E-state index contributed by atoms with van der Waals surface area (Å²) in [7, 11) is 0. The molecule has 0 aliphatic rings. The fourth-order valence-corrected chi connectivity index (χ4v) is 3.59. The van der Waals surface area contributed by atoms with Crippen LogP contribution < -0.4 is 10.6 Å². The van der Waals surface area contributed by atoms with Crippen LogP contribution in [0.25, 0.3) is 0 Å². The minimum absolute atomic E-state index is 0.0911. The molecular formula is C19H14ClF6N3O5S. The molecule has 2 amide bonds. The smallest absolute Gasteiger partial charge is 0.372 e. The number of hydrogen-bond donors (Lipinski definition) is 3. The van der Waals surface area contributed by atoms with Gasteiger partial charge in [-0.3, -0.25) is 19.7 Å². The van der Waals surface area contributed by atoms with Crippen molar-refractivity contribution in [3.05, 3.63) is 58.1 Å². The van der Waals surface area contributed by atoms with Crippen molar-refractivity contribution in [1.82, 2.24) is 0 Å². The first-order valence-electron chi connectivity index (χ1n) is 9.13. The number of hydrogen-bond acceptors (Lipinski definition) is 6. The number of nitro groups is 1. The Labute approximate surface area is 201 Å². The lowest BCUT2D eigenvalue weighted by Crippen LogP contribution is -2.56. The van der Waals surface area contributed by atoms with E-state index in [2.05, 4.69) is 5.32 Å². The first kappa shape index (κ1) is 28.2. The number of amides is 2. The van der Waals surface area contributed by atoms with Crippen molar-refractivity contribution in [1.29, 1.82) is 0 Å². The number of nitrogens with one attached hydrogen (secondary N) is 2. The van der Waals surface area contributed by atoms with Crippen LogP contribution in [0.3, 0.4) is 0 Å². The molecule has 0 spiro atoms. The highest BCUT2D eigenvalue weighted by atomic mass is 35.5. The first-order valence-corrected chi connectivity index (χ1v) is 10.7. The van der Waals surface area contributed by atoms with E-state index >= 15 is 0 Å². The lowest BCUT2D eigenvalue weighted by molar-refractivity contribution is -0.388. The standard InChI is InChI=1S/C19H14ClF6N3O5S/c20-8-15(30)27-10-1-4-12(5-2-10)35-9-17(32,19(24,25)26)16(31)28-11-3-6-14(29(33)34)13(7-11)18(21,22)23/h1-7,32H,8-9H2,(H,27,30)(H,28,31). The number of benzene rings is 2. The Kier molecular flexibility index (Phi) is 8.62. The van der Waals surface area contributed by atoms with E-state index in [1.54, 1.807) is 0 Å². The van der Waals surface area contributed by atoms with E-state index in [-0.39, 0.29) is 22.5 Å². The highest BCUT2D eigenvalue weighted by Gasteiger charge is 2.59. The van der Waals surface area contributed by atoms with Crippen LogP contribution in [-0.4, -0.2) is 45.3 Å². The number of halogens is 7. The number of alkyl halides is 7. The molecule has 0 heterocycles. The third-order valence-electron chi connectivity index (χ3n) is 4.31. The Morgan fingerprint density at radius 1 is 1.00 bits per heavy atom. The second kappa shape index (κ2) is 10.7. The van der Waals surface area contributed by atoms with Crippen molar-refractivity contribution >= 4 is 52.2 Å². The van der Waals surface area contributed by atoms with Crippen LogP contribution >= 0.6 is 23.4 Å². The number of nitro benzene ring substituents is 1. The minimum Gasteiger partial charge on any atom is -0.372 e. The van der Waals surface area contributed by atoms with E-state index in [9.17, 15) is 51.2 Å². The van der Waals surface area contributed by atoms with Crippen LogP contribution in [0, 0.1) is 10.1 Å². The van der Waals surface area contributed by atoms with Gasteiger partial charge in [-0.2, -0.15) is 26.3 Å². The zero-order valence-corrected chi connectivity index (χ0v) is 18.6. The van der Waals surface area contributed by atoms with Crippen molar-refractivity contribution in [2.45, 2.75) is 22.8 Å². The lowest BCUT2D eigenvalue weighted by Gasteiger charge is -2.29. The second-order valence-corrected chi connectivity index (χ2v) is 8.11. The highest BCUT2D eigenvalue weighted by molar-refractivity contribution is 7.99. The molecule has 0 aromatic heterocycles. The molecule has 0 radical (unpaired) electrons. The number of rotatable bonds is 8. The predicted molar refractivity (Wildman–Crippen MR) is 114 cm³/mol. The Morgan fingerprint density at radius 3 is 2.06 bits per heavy atom. The summed E-state index contributed by atoms with van der Waals surface area (Å²) in [5.41, 5.74) is -7.78. The molecule has 3 N–H and O–H groups in total. The number of nitrogens with zero attached hydrogens (tertiary/aromatic N) is 1. The van der Waals surface area contributed by atoms with Crippen LogP contribution in [0.5, 0.6) is 0 Å². The van der Waals surface area contributed by atoms with E-state index in [1.165, 1.54) is 29.6 Å². The molecule has 2 rings (SSSR count). The molecule has 0 fully saturated rings. The first-order chi connectivity index (χ1) is 16.1. The van der Waals surface area contributed by atoms with Gasteiger partial charge in [0.1, 0.15) is 11.4 Å². The maximum atomic E-state index is 13.6. The zero-order valence-electron chi connectivity index (χ0n) is 17.0. The average molecular weight is 546 g/mol. The number of carbonyl (C=O) groups excluding carboxylic acids is 2. The molecule has 1 atom stereocenters. The fraction of sp³-hybridized carbons (Fsp3) is 0.263. The van der Waals surface area contributed by atoms with Crippen molar-refractivity contribution in [3.63, 3.8) is 0 Å². The molecule has 16 heteroatoms. The summed E-state index contributed by atoms with van der Waals surface area (Å²) in [6.45, 7) is 0. The Hall–Kier alpha value is -3.04. The molecule has 0 aliphatic heterocycles. The number of anilines is 2. The van der Waals surface area contributed by atoms with Gasteiger partial charge < -0.3 is 15.7 Å². The molecule has 2 aromatic rings. The maximum Gasteiger partial charge on any atom is 0.427 e. The largest absolute Gasteiger partial charge is 0.427 e. The molecule has 2 aromatic carbocycles. The van der Waals surface area contributed by atoms with Gasteiger partial charge in [-0.25, -0.2) is 0 Å². The second-order valence-electron chi connectivity index (χ2n) is 6.79. The van der Waals surface area contributed by atoms with Gasteiger partial charge in [-0.05, 0) is 36.4 Å². The van der Waals surface area contributed by atoms with E-state index < -0.39 is 57.4 Å². The zero-order chi connectivity index (χ0) is 26.6. The van der Waals surface area contributed by atoms with E-state index in [1.807, 2.05) is 0 Å². The van der Waals surface area contributed by atoms with Crippen molar-refractivity contribution in [2.24, 2.45) is 0 Å². The number of aliphatic hydroxyl groups is 1. The monoisotopic (exact) mass is 545 g/mol. The Balaban J connectivity index is 2.25. The van der Waals surface area contributed by atoms with Crippen LogP contribution in [0.1, 0.15) is 5.56 Å². The maximum absolute atomic E-state index is 13.6. The molecular weight excluding hydrogens is 532 g/mol. The summed E-state index contributed by atoms with van der Waals surface area (Å²) < 4.78 is 80.1. The molecule has 0 bridgehead atoms. The minimum atomic E-state index is -5.54. The van der Waals surface area contributed by atoms with Crippen LogP contribution in [0.4, 0.5) is 43.4 Å². The van der Waals surface area contributed by atoms with E-state index in [0.29, 0.717) is 23.9 Å². The van der Waals surface area contributed by atoms with Crippen LogP contribution in [-0.2, 0) is 15.8 Å². The molecule has 0 saturated heterocycles. The van der Waals surface area contributed by atoms with E-state index in [4.69, 9.17) is 11.6 Å². The van der Waals surface area contributed by atoms with Gasteiger partial charge in [0.15, 0.2) is 0 Å². The molecule has 1 unspecified atom stereocenters. The normalized spacial score (nSPS) is 13.6. The van der Waals surface area contributed by atoms with Crippen LogP contribution in [0.15, 0.2) is 47.4 Å². The topological polar surface area (TPSA) is 122 Å². The Bertz CT molecular complexity index is 1110. The summed E-state index contributed by atoms with van der Waals surface area (Å²) in [6.07, 6.45) is -10.8. The number of thioether (sulfide) groups is 1. The highest BCUT2D eigenvalue weighted by Crippen LogP contribution is 2.39. The third-order valence-corrected chi connectivity index (χ3v) is 5.72. The summed E-state index contributed by atoms with van der Waals surface area (Å²) in [5.74, 6) is -4.24. The van der Waals surface area contributed by atoms with Gasteiger partial charge in [-0.1, -0.05) is 0 Å². The van der Waals surface area contributed by atoms with Gasteiger partial charge in [-0.15, -0.1) is 23.4 Å². The third kappa shape index (κ3) is 6.99. The quantitative estimate of drug-likeness (QED) is 0.144. The molecule has 190 valence electrons. The van der Waals surface area contributed by atoms with Gasteiger partial charge >= 0.3 is 12.4 Å². The molecule has 0 aliphatic carbocycles. The predicted octanol–water partition coefficient (Wildman–Crippen LogP) is 4.82. The van der Waals surface area contributed by atoms with Gasteiger partial charge in [0.2, 0.25) is 11.5 Å². The van der Waals surface area contributed by atoms with Gasteiger partial charge in [0.25, 0.3) is 11.6 Å². The molecule has 8 nitrogen and oxygen atoms in total. The summed E-state index contributed by atoms with van der Waals surface area (Å²) >= 11 is 5.74. The average Bonchev–Trinajstić information content (AvgIpc) is 2.76. The summed E-state index contributed by atoms with van der Waals surface area (Å²) in [6, 6.07) is 6.29. The summed E-state index contributed by atoms with van der Waals surface area (Å²) in [5, 5.41) is 24.9. The Morgan fingerprint density at radius 2 is 1.57 bits per heavy atom. The number of carbonyl (C=O) groups is 2. The van der Waals surface area contributed by atoms with Gasteiger partial charge in [0.05, 0.1) is 4.92 Å². The van der Waals surface area contributed by atoms with E-state index in [0.717, 1.165) is 0 Å². The van der Waals surface area contributed by atoms with Gasteiger partial charge in [0, 0.05) is 28.1 Å². The van der Waals surface area contributed by atoms with Crippen LogP contribution in [0.2, 0.25) is 0 Å². The van der Waals surface area contributed by atoms with Crippen molar-refractivity contribution < 1.29 is 46.0 Å². The fourth-order valence-electron chi connectivity index (χ4n) is 2.53. The molecule has 35 heavy (non-hydrogen) atoms. The van der Waals surface area contributed by atoms with Crippen molar-refractivity contribution in [3.8, 4) is 0 Å². The SMILES string of the molecule is O=C(CCl)Nc1ccc(SCC(O)(C(=O)Nc2ccc([N+](=O)[O-])c(C(F)(F)F)c2)C(F)(F)F)cc1. The van der Waals surface area contributed by atoms with Crippen molar-refractivity contribution in [2.75, 3.05) is 22.3 Å².